The number of ether oxygens (including phenoxy) is 1. The van der Waals surface area contributed by atoms with E-state index in [1.807, 2.05) is 28.8 Å². The van der Waals surface area contributed by atoms with Gasteiger partial charge in [-0.3, -0.25) is 9.36 Å². The average molecular weight is 590 g/mol. The zero-order chi connectivity index (χ0) is 25.8. The van der Waals surface area contributed by atoms with E-state index in [0.29, 0.717) is 39.6 Å². The van der Waals surface area contributed by atoms with E-state index < -0.39 is 5.97 Å². The molecule has 0 unspecified atom stereocenters. The van der Waals surface area contributed by atoms with E-state index in [1.165, 1.54) is 17.8 Å². The highest BCUT2D eigenvalue weighted by molar-refractivity contribution is 9.10. The lowest BCUT2D eigenvalue weighted by Gasteiger charge is -2.11. The fraction of sp³-hybridized carbons (Fsp3) is 0.200. The molecule has 0 spiro atoms. The Kier molecular flexibility index (Phi) is 8.17. The number of esters is 1. The topological polar surface area (TPSA) is 99.2 Å². The average Bonchev–Trinajstić information content (AvgIpc) is 3.42. The second-order valence-corrected chi connectivity index (χ2v) is 10.2. The van der Waals surface area contributed by atoms with Gasteiger partial charge in [0.15, 0.2) is 10.9 Å². The van der Waals surface area contributed by atoms with Gasteiger partial charge >= 0.3 is 5.97 Å². The lowest BCUT2D eigenvalue weighted by Crippen LogP contribution is -2.16. The molecular formula is C25H22BrClN4O4S. The van der Waals surface area contributed by atoms with Crippen LogP contribution in [0.5, 0.6) is 0 Å². The standard InChI is InChI=1S/C25H22BrClN4O4S/c1-4-9-31-23(21-12-16-10-17(26)6-8-20(16)35-21)29-30-25(31)36-13-22(32)28-19-11-15(5-7-18(19)27)24(33)34-14(2)3/h4-8,10-12,14H,1,9,13H2,2-3H3,(H,28,32). The molecule has 0 aliphatic carbocycles. The minimum Gasteiger partial charge on any atom is -0.459 e. The van der Waals surface area contributed by atoms with Gasteiger partial charge in [-0.05, 0) is 56.3 Å². The van der Waals surface area contributed by atoms with Crippen molar-refractivity contribution in [3.05, 3.63) is 70.2 Å². The third-order valence-corrected chi connectivity index (χ3v) is 6.67. The SMILES string of the molecule is C=CCn1c(SCC(=O)Nc2cc(C(=O)OC(C)C)ccc2Cl)nnc1-c1cc2cc(Br)ccc2o1. The van der Waals surface area contributed by atoms with Gasteiger partial charge < -0.3 is 14.5 Å². The predicted octanol–water partition coefficient (Wildman–Crippen LogP) is 6.59. The van der Waals surface area contributed by atoms with Crippen LogP contribution in [0.3, 0.4) is 0 Å². The van der Waals surface area contributed by atoms with E-state index in [9.17, 15) is 9.59 Å². The summed E-state index contributed by atoms with van der Waals surface area (Å²) in [6.45, 7) is 7.76. The van der Waals surface area contributed by atoms with Crippen LogP contribution in [0.2, 0.25) is 5.02 Å². The highest BCUT2D eigenvalue weighted by Crippen LogP contribution is 2.31. The number of furan rings is 1. The smallest absolute Gasteiger partial charge is 0.338 e. The first-order valence-electron chi connectivity index (χ1n) is 10.9. The normalized spacial score (nSPS) is 11.1. The highest BCUT2D eigenvalue weighted by Gasteiger charge is 2.19. The maximum absolute atomic E-state index is 12.7. The minimum absolute atomic E-state index is 0.0410. The molecule has 1 amide bonds. The second kappa shape index (κ2) is 11.3. The van der Waals surface area contributed by atoms with Crippen molar-refractivity contribution in [3.63, 3.8) is 0 Å². The summed E-state index contributed by atoms with van der Waals surface area (Å²) in [5.74, 6) is 0.323. The number of anilines is 1. The minimum atomic E-state index is -0.491. The maximum atomic E-state index is 12.7. The lowest BCUT2D eigenvalue weighted by molar-refractivity contribution is -0.113. The number of rotatable bonds is 9. The number of fused-ring (bicyclic) bond motifs is 1. The molecule has 8 nitrogen and oxygen atoms in total. The van der Waals surface area contributed by atoms with Gasteiger partial charge in [0.25, 0.3) is 0 Å². The van der Waals surface area contributed by atoms with Crippen LogP contribution in [0.25, 0.3) is 22.6 Å². The Morgan fingerprint density at radius 2 is 2.06 bits per heavy atom. The summed E-state index contributed by atoms with van der Waals surface area (Å²) >= 11 is 10.9. The first-order chi connectivity index (χ1) is 17.2. The first-order valence-corrected chi connectivity index (χ1v) is 13.1. The molecule has 4 aromatic rings. The fourth-order valence-corrected chi connectivity index (χ4v) is 4.63. The van der Waals surface area contributed by atoms with Crippen molar-refractivity contribution in [1.82, 2.24) is 14.8 Å². The van der Waals surface area contributed by atoms with E-state index in [1.54, 1.807) is 32.1 Å². The molecule has 0 aliphatic heterocycles. The summed E-state index contributed by atoms with van der Waals surface area (Å²) in [4.78, 5) is 24.9. The Morgan fingerprint density at radius 3 is 2.81 bits per heavy atom. The predicted molar refractivity (Wildman–Crippen MR) is 144 cm³/mol. The van der Waals surface area contributed by atoms with Crippen LogP contribution in [-0.4, -0.2) is 38.5 Å². The fourth-order valence-electron chi connectivity index (χ4n) is 3.34. The van der Waals surface area contributed by atoms with Crippen LogP contribution >= 0.6 is 39.3 Å². The summed E-state index contributed by atoms with van der Waals surface area (Å²) in [5, 5.41) is 13.0. The largest absolute Gasteiger partial charge is 0.459 e. The molecule has 2 aromatic heterocycles. The number of carbonyl (C=O) groups is 2. The van der Waals surface area contributed by atoms with Gasteiger partial charge in [0.05, 0.1) is 28.1 Å². The van der Waals surface area contributed by atoms with Crippen molar-refractivity contribution in [1.29, 1.82) is 0 Å². The van der Waals surface area contributed by atoms with Crippen molar-refractivity contribution < 1.29 is 18.7 Å². The molecular weight excluding hydrogens is 568 g/mol. The Labute approximate surface area is 225 Å². The first kappa shape index (κ1) is 26.0. The molecule has 0 saturated carbocycles. The van der Waals surface area contributed by atoms with Gasteiger partial charge in [0.2, 0.25) is 11.7 Å². The molecule has 2 heterocycles. The van der Waals surface area contributed by atoms with E-state index in [2.05, 4.69) is 38.0 Å². The number of nitrogens with zero attached hydrogens (tertiary/aromatic N) is 3. The van der Waals surface area contributed by atoms with Gasteiger partial charge in [-0.1, -0.05) is 45.4 Å². The zero-order valence-corrected chi connectivity index (χ0v) is 22.6. The third-order valence-electron chi connectivity index (χ3n) is 4.88. The molecule has 11 heteroatoms. The number of hydrogen-bond donors (Lipinski definition) is 1. The van der Waals surface area contributed by atoms with Crippen LogP contribution in [0.4, 0.5) is 5.69 Å². The van der Waals surface area contributed by atoms with E-state index >= 15 is 0 Å². The summed E-state index contributed by atoms with van der Waals surface area (Å²) in [6.07, 6.45) is 1.46. The molecule has 36 heavy (non-hydrogen) atoms. The van der Waals surface area contributed by atoms with Crippen molar-refractivity contribution in [3.8, 4) is 11.6 Å². The molecule has 0 radical (unpaired) electrons. The lowest BCUT2D eigenvalue weighted by atomic mass is 10.2. The summed E-state index contributed by atoms with van der Waals surface area (Å²) in [7, 11) is 0. The molecule has 0 fully saturated rings. The number of thioether (sulfide) groups is 1. The van der Waals surface area contributed by atoms with Crippen molar-refractivity contribution >= 4 is 67.8 Å². The Hall–Kier alpha value is -3.08. The number of allylic oxidation sites excluding steroid dienone is 1. The monoisotopic (exact) mass is 588 g/mol. The molecule has 0 bridgehead atoms. The highest BCUT2D eigenvalue weighted by atomic mass is 79.9. The summed E-state index contributed by atoms with van der Waals surface area (Å²) in [5.41, 5.74) is 1.35. The number of hydrogen-bond acceptors (Lipinski definition) is 7. The molecule has 0 saturated heterocycles. The van der Waals surface area contributed by atoms with Gasteiger partial charge in [0.1, 0.15) is 5.58 Å². The van der Waals surface area contributed by atoms with Crippen LogP contribution in [0, 0.1) is 0 Å². The number of aromatic nitrogens is 3. The van der Waals surface area contributed by atoms with Crippen molar-refractivity contribution in [2.24, 2.45) is 0 Å². The van der Waals surface area contributed by atoms with Gasteiger partial charge in [0, 0.05) is 16.4 Å². The third kappa shape index (κ3) is 6.00. The second-order valence-electron chi connectivity index (χ2n) is 7.98. The summed E-state index contributed by atoms with van der Waals surface area (Å²) in [6, 6.07) is 12.2. The molecule has 4 rings (SSSR count). The number of benzene rings is 2. The zero-order valence-electron chi connectivity index (χ0n) is 19.5. The van der Waals surface area contributed by atoms with Crippen LogP contribution < -0.4 is 5.32 Å². The van der Waals surface area contributed by atoms with Crippen molar-refractivity contribution in [2.75, 3.05) is 11.1 Å². The van der Waals surface area contributed by atoms with Crippen molar-refractivity contribution in [2.45, 2.75) is 31.7 Å². The van der Waals surface area contributed by atoms with E-state index in [0.717, 1.165) is 15.4 Å². The molecule has 1 N–H and O–H groups in total. The van der Waals surface area contributed by atoms with Gasteiger partial charge in [-0.25, -0.2) is 4.79 Å². The van der Waals surface area contributed by atoms with E-state index in [-0.39, 0.29) is 17.8 Å². The maximum Gasteiger partial charge on any atom is 0.338 e. The number of carbonyl (C=O) groups excluding carboxylic acids is 2. The Morgan fingerprint density at radius 1 is 1.25 bits per heavy atom. The number of amides is 1. The Balaban J connectivity index is 1.48. The molecule has 2 aromatic carbocycles. The molecule has 186 valence electrons. The molecule has 0 aliphatic rings. The van der Waals surface area contributed by atoms with Crippen LogP contribution in [0.1, 0.15) is 24.2 Å². The van der Waals surface area contributed by atoms with E-state index in [4.69, 9.17) is 20.8 Å². The number of halogens is 2. The van der Waals surface area contributed by atoms with Crippen LogP contribution in [-0.2, 0) is 16.1 Å². The van der Waals surface area contributed by atoms with Gasteiger partial charge in [-0.15, -0.1) is 16.8 Å². The number of nitrogens with one attached hydrogen (secondary N) is 1. The Bertz CT molecular complexity index is 1450. The molecule has 0 atom stereocenters. The van der Waals surface area contributed by atoms with Gasteiger partial charge in [-0.2, -0.15) is 0 Å². The quantitative estimate of drug-likeness (QED) is 0.134. The van der Waals surface area contributed by atoms with Crippen LogP contribution in [0.15, 0.2) is 69.2 Å². The summed E-state index contributed by atoms with van der Waals surface area (Å²) < 4.78 is 13.9.